The molecule has 1 saturated carbocycles. The quantitative estimate of drug-likeness (QED) is 0.922. The summed E-state index contributed by atoms with van der Waals surface area (Å²) in [7, 11) is 2.08. The standard InChI is InChI=1S/C15H25N3S/c1-18-14-8-5-7-12(11(14)10-16-18)17-13-6-3-4-9-15(13)19-2/h10,12-13,15,17H,3-9H2,1-2H3. The first-order valence-corrected chi connectivity index (χ1v) is 8.88. The highest BCUT2D eigenvalue weighted by Crippen LogP contribution is 2.33. The molecule has 106 valence electrons. The average Bonchev–Trinajstić information content (AvgIpc) is 2.82. The molecule has 19 heavy (non-hydrogen) atoms. The average molecular weight is 279 g/mol. The van der Waals surface area contributed by atoms with Crippen molar-refractivity contribution >= 4 is 11.8 Å². The van der Waals surface area contributed by atoms with Crippen molar-refractivity contribution in [3.05, 3.63) is 17.5 Å². The zero-order chi connectivity index (χ0) is 13.2. The maximum absolute atomic E-state index is 4.45. The lowest BCUT2D eigenvalue weighted by Crippen LogP contribution is -2.43. The summed E-state index contributed by atoms with van der Waals surface area (Å²) in [4.78, 5) is 0. The fourth-order valence-electron chi connectivity index (χ4n) is 3.71. The van der Waals surface area contributed by atoms with Gasteiger partial charge in [0.1, 0.15) is 0 Å². The Hall–Kier alpha value is -0.480. The minimum atomic E-state index is 0.537. The van der Waals surface area contributed by atoms with Crippen LogP contribution in [0.4, 0.5) is 0 Å². The van der Waals surface area contributed by atoms with E-state index in [9.17, 15) is 0 Å². The van der Waals surface area contributed by atoms with Gasteiger partial charge in [0.25, 0.3) is 0 Å². The normalized spacial score (nSPS) is 31.2. The van der Waals surface area contributed by atoms with Crippen molar-refractivity contribution in [3.8, 4) is 0 Å². The molecule has 1 heterocycles. The van der Waals surface area contributed by atoms with E-state index in [0.29, 0.717) is 12.1 Å². The SMILES string of the molecule is CSC1CCCCC1NC1CCCc2c1cnn2C. The van der Waals surface area contributed by atoms with Crippen LogP contribution in [0.15, 0.2) is 6.20 Å². The molecule has 4 heteroatoms. The van der Waals surface area contributed by atoms with Crippen LogP contribution in [0.5, 0.6) is 0 Å². The third kappa shape index (κ3) is 2.70. The van der Waals surface area contributed by atoms with Crippen molar-refractivity contribution in [2.24, 2.45) is 7.05 Å². The zero-order valence-electron chi connectivity index (χ0n) is 12.1. The highest BCUT2D eigenvalue weighted by molar-refractivity contribution is 7.99. The molecule has 0 spiro atoms. The molecule has 3 unspecified atom stereocenters. The van der Waals surface area contributed by atoms with Crippen LogP contribution in [0.2, 0.25) is 0 Å². The van der Waals surface area contributed by atoms with Gasteiger partial charge in [-0.3, -0.25) is 4.68 Å². The Morgan fingerprint density at radius 1 is 1.26 bits per heavy atom. The van der Waals surface area contributed by atoms with Gasteiger partial charge in [0, 0.05) is 35.6 Å². The molecular weight excluding hydrogens is 254 g/mol. The molecule has 0 saturated heterocycles. The lowest BCUT2D eigenvalue weighted by Gasteiger charge is -2.35. The van der Waals surface area contributed by atoms with Gasteiger partial charge < -0.3 is 5.32 Å². The van der Waals surface area contributed by atoms with E-state index in [0.717, 1.165) is 5.25 Å². The maximum atomic E-state index is 4.45. The second kappa shape index (κ2) is 5.88. The van der Waals surface area contributed by atoms with E-state index in [1.807, 2.05) is 11.8 Å². The number of aromatic nitrogens is 2. The van der Waals surface area contributed by atoms with Gasteiger partial charge in [-0.25, -0.2) is 0 Å². The fourth-order valence-corrected chi connectivity index (χ4v) is 4.65. The highest BCUT2D eigenvalue weighted by atomic mass is 32.2. The Bertz CT molecular complexity index is 429. The number of thioether (sulfide) groups is 1. The van der Waals surface area contributed by atoms with Crippen LogP contribution in [0.25, 0.3) is 0 Å². The minimum Gasteiger partial charge on any atom is -0.306 e. The summed E-state index contributed by atoms with van der Waals surface area (Å²) >= 11 is 2.05. The lowest BCUT2D eigenvalue weighted by molar-refractivity contribution is 0.327. The highest BCUT2D eigenvalue weighted by Gasteiger charge is 2.30. The molecule has 0 radical (unpaired) electrons. The monoisotopic (exact) mass is 279 g/mol. The van der Waals surface area contributed by atoms with Gasteiger partial charge in [0.15, 0.2) is 0 Å². The molecule has 2 aliphatic rings. The van der Waals surface area contributed by atoms with Crippen LogP contribution >= 0.6 is 11.8 Å². The molecule has 0 aliphatic heterocycles. The van der Waals surface area contributed by atoms with E-state index in [2.05, 4.69) is 34.6 Å². The fraction of sp³-hybridized carbons (Fsp3) is 0.800. The molecular formula is C15H25N3S. The molecule has 0 amide bonds. The van der Waals surface area contributed by atoms with E-state index < -0.39 is 0 Å². The topological polar surface area (TPSA) is 29.9 Å². The van der Waals surface area contributed by atoms with Gasteiger partial charge in [0.05, 0.1) is 6.20 Å². The Kier molecular flexibility index (Phi) is 4.18. The van der Waals surface area contributed by atoms with Gasteiger partial charge >= 0.3 is 0 Å². The first-order chi connectivity index (χ1) is 9.29. The van der Waals surface area contributed by atoms with Gasteiger partial charge in [-0.2, -0.15) is 16.9 Å². The molecule has 1 aromatic heterocycles. The molecule has 3 rings (SSSR count). The molecule has 3 atom stereocenters. The summed E-state index contributed by atoms with van der Waals surface area (Å²) in [5.74, 6) is 0. The van der Waals surface area contributed by atoms with Crippen molar-refractivity contribution in [2.45, 2.75) is 62.3 Å². The Morgan fingerprint density at radius 3 is 2.95 bits per heavy atom. The number of nitrogens with one attached hydrogen (secondary N) is 1. The van der Waals surface area contributed by atoms with Crippen LogP contribution < -0.4 is 5.32 Å². The number of aryl methyl sites for hydroxylation is 1. The van der Waals surface area contributed by atoms with Gasteiger partial charge in [-0.1, -0.05) is 12.8 Å². The van der Waals surface area contributed by atoms with E-state index in [1.165, 1.54) is 56.2 Å². The molecule has 1 fully saturated rings. The predicted octanol–water partition coefficient (Wildman–Crippen LogP) is 3.06. The summed E-state index contributed by atoms with van der Waals surface area (Å²) < 4.78 is 2.07. The van der Waals surface area contributed by atoms with Gasteiger partial charge in [-0.15, -0.1) is 0 Å². The van der Waals surface area contributed by atoms with Crippen molar-refractivity contribution in [1.29, 1.82) is 0 Å². The lowest BCUT2D eigenvalue weighted by atomic mass is 9.89. The van der Waals surface area contributed by atoms with Crippen LogP contribution in [0.3, 0.4) is 0 Å². The third-order valence-electron chi connectivity index (χ3n) is 4.80. The number of nitrogens with zero attached hydrogens (tertiary/aromatic N) is 2. The summed E-state index contributed by atoms with van der Waals surface area (Å²) in [6.45, 7) is 0. The molecule has 1 N–H and O–H groups in total. The second-order valence-corrected chi connectivity index (χ2v) is 7.02. The number of hydrogen-bond acceptors (Lipinski definition) is 3. The summed E-state index contributed by atoms with van der Waals surface area (Å²) in [5.41, 5.74) is 2.90. The van der Waals surface area contributed by atoms with E-state index in [-0.39, 0.29) is 0 Å². The minimum absolute atomic E-state index is 0.537. The maximum Gasteiger partial charge on any atom is 0.0540 e. The van der Waals surface area contributed by atoms with Crippen molar-refractivity contribution in [3.63, 3.8) is 0 Å². The summed E-state index contributed by atoms with van der Waals surface area (Å²) in [6, 6.07) is 1.23. The van der Waals surface area contributed by atoms with Crippen LogP contribution in [0.1, 0.15) is 55.8 Å². The van der Waals surface area contributed by atoms with Crippen LogP contribution in [-0.4, -0.2) is 27.3 Å². The summed E-state index contributed by atoms with van der Waals surface area (Å²) in [6.07, 6.45) is 13.6. The van der Waals surface area contributed by atoms with Crippen LogP contribution in [0, 0.1) is 0 Å². The van der Waals surface area contributed by atoms with E-state index in [1.54, 1.807) is 0 Å². The third-order valence-corrected chi connectivity index (χ3v) is 5.97. The first-order valence-electron chi connectivity index (χ1n) is 7.59. The second-order valence-electron chi connectivity index (χ2n) is 5.95. The van der Waals surface area contributed by atoms with E-state index in [4.69, 9.17) is 0 Å². The Morgan fingerprint density at radius 2 is 2.11 bits per heavy atom. The van der Waals surface area contributed by atoms with Crippen molar-refractivity contribution in [2.75, 3.05) is 6.26 Å². The smallest absolute Gasteiger partial charge is 0.0540 e. The van der Waals surface area contributed by atoms with Gasteiger partial charge in [-0.05, 0) is 38.4 Å². The van der Waals surface area contributed by atoms with Crippen molar-refractivity contribution in [1.82, 2.24) is 15.1 Å². The number of hydrogen-bond donors (Lipinski definition) is 1. The molecule has 1 aromatic rings. The van der Waals surface area contributed by atoms with Gasteiger partial charge in [0.2, 0.25) is 0 Å². The van der Waals surface area contributed by atoms with Crippen molar-refractivity contribution < 1.29 is 0 Å². The zero-order valence-corrected chi connectivity index (χ0v) is 12.9. The molecule has 3 nitrogen and oxygen atoms in total. The Balaban J connectivity index is 1.73. The molecule has 2 aliphatic carbocycles. The Labute approximate surface area is 120 Å². The summed E-state index contributed by atoms with van der Waals surface area (Å²) in [5, 5.41) is 9.21. The molecule has 0 bridgehead atoms. The predicted molar refractivity (Wildman–Crippen MR) is 81.6 cm³/mol. The van der Waals surface area contributed by atoms with E-state index >= 15 is 0 Å². The molecule has 0 aromatic carbocycles. The largest absolute Gasteiger partial charge is 0.306 e. The first kappa shape index (κ1) is 13.5. The van der Waals surface area contributed by atoms with Crippen LogP contribution in [-0.2, 0) is 13.5 Å². The number of rotatable bonds is 3. The number of fused-ring (bicyclic) bond motifs is 1.